The fourth-order valence-electron chi connectivity index (χ4n) is 1.83. The number of nitrogens with zero attached hydrogens (tertiary/aromatic N) is 2. The second-order valence-electron chi connectivity index (χ2n) is 4.13. The monoisotopic (exact) mass is 276 g/mol. The van der Waals surface area contributed by atoms with Gasteiger partial charge in [-0.15, -0.1) is 0 Å². The Balaban J connectivity index is 0.00000106. The molecule has 0 saturated carbocycles. The van der Waals surface area contributed by atoms with Crippen LogP contribution in [-0.2, 0) is 0 Å². The van der Waals surface area contributed by atoms with E-state index in [0.717, 1.165) is 21.7 Å². The van der Waals surface area contributed by atoms with Crippen molar-refractivity contribution in [3.05, 3.63) is 65.2 Å². The van der Waals surface area contributed by atoms with Gasteiger partial charge in [0.15, 0.2) is 0 Å². The Hall–Kier alpha value is -2.66. The summed E-state index contributed by atoms with van der Waals surface area (Å²) in [5.41, 5.74) is 2.39. The third-order valence-corrected chi connectivity index (χ3v) is 2.82. The summed E-state index contributed by atoms with van der Waals surface area (Å²) in [6, 6.07) is 14.0. The molecule has 0 bridgehead atoms. The molecule has 2 aromatic rings. The molecule has 0 amide bonds. The van der Waals surface area contributed by atoms with Crippen molar-refractivity contribution in [2.24, 2.45) is 0 Å². The Labute approximate surface area is 126 Å². The number of rotatable bonds is 2. The third-order valence-electron chi connectivity index (χ3n) is 2.82. The summed E-state index contributed by atoms with van der Waals surface area (Å²) in [6.45, 7) is 9.65. The highest BCUT2D eigenvalue weighted by Crippen LogP contribution is 2.12. The zero-order valence-corrected chi connectivity index (χ0v) is 12.8. The molecule has 1 heterocycles. The highest BCUT2D eigenvalue weighted by atomic mass is 14.7. The molecule has 2 rings (SSSR count). The largest absolute Gasteiger partial charge is 0.256 e. The lowest BCUT2D eigenvalue weighted by Crippen LogP contribution is -2.25. The van der Waals surface area contributed by atoms with Gasteiger partial charge in [-0.1, -0.05) is 56.8 Å². The highest BCUT2D eigenvalue weighted by molar-refractivity contribution is 5.61. The topological polar surface area (TPSA) is 36.7 Å². The molecular formula is C19H20N2. The first-order valence-electron chi connectivity index (χ1n) is 7.03. The van der Waals surface area contributed by atoms with Gasteiger partial charge < -0.3 is 0 Å². The molecule has 2 nitrogen and oxygen atoms in total. The molecule has 0 atom stereocenters. The van der Waals surface area contributed by atoms with Crippen LogP contribution in [0, 0.1) is 11.3 Å². The Morgan fingerprint density at radius 3 is 2.43 bits per heavy atom. The minimum Gasteiger partial charge on any atom is -0.256 e. The maximum atomic E-state index is 8.84. The first-order chi connectivity index (χ1) is 10.2. The molecule has 0 aliphatic rings. The van der Waals surface area contributed by atoms with E-state index in [-0.39, 0.29) is 0 Å². The number of hydrogen-bond donors (Lipinski definition) is 0. The van der Waals surface area contributed by atoms with Crippen molar-refractivity contribution >= 4 is 12.2 Å². The van der Waals surface area contributed by atoms with Gasteiger partial charge >= 0.3 is 0 Å². The van der Waals surface area contributed by atoms with Crippen molar-refractivity contribution in [2.75, 3.05) is 0 Å². The van der Waals surface area contributed by atoms with Crippen molar-refractivity contribution in [3.8, 4) is 17.3 Å². The van der Waals surface area contributed by atoms with Gasteiger partial charge in [0, 0.05) is 17.3 Å². The van der Waals surface area contributed by atoms with E-state index in [2.05, 4.69) is 11.6 Å². The second kappa shape index (κ2) is 8.50. The van der Waals surface area contributed by atoms with Crippen molar-refractivity contribution in [1.29, 1.82) is 5.26 Å². The van der Waals surface area contributed by atoms with Crippen molar-refractivity contribution < 1.29 is 0 Å². The molecule has 2 heteroatoms. The third kappa shape index (κ3) is 4.43. The molecule has 106 valence electrons. The Kier molecular flexibility index (Phi) is 6.63. The van der Waals surface area contributed by atoms with Crippen LogP contribution >= 0.6 is 0 Å². The minimum absolute atomic E-state index is 0.438. The predicted octanol–water partition coefficient (Wildman–Crippen LogP) is 3.44. The van der Waals surface area contributed by atoms with Crippen molar-refractivity contribution in [1.82, 2.24) is 4.98 Å². The molecular weight excluding hydrogens is 256 g/mol. The van der Waals surface area contributed by atoms with Crippen molar-refractivity contribution in [3.63, 3.8) is 0 Å². The SMILES string of the molecule is C=C(C#N)/C=c1/cc(-c2ccccc2)nc/c1=C/C.CC. The van der Waals surface area contributed by atoms with Gasteiger partial charge in [0.25, 0.3) is 0 Å². The lowest BCUT2D eigenvalue weighted by Gasteiger charge is -2.00. The maximum absolute atomic E-state index is 8.84. The van der Waals surface area contributed by atoms with Crippen LogP contribution in [0.25, 0.3) is 23.4 Å². The molecule has 1 aromatic carbocycles. The lowest BCUT2D eigenvalue weighted by molar-refractivity contribution is 1.27. The Morgan fingerprint density at radius 1 is 1.19 bits per heavy atom. The van der Waals surface area contributed by atoms with Gasteiger partial charge in [0.2, 0.25) is 0 Å². The van der Waals surface area contributed by atoms with Crippen LogP contribution in [0.15, 0.2) is 54.7 Å². The summed E-state index contributed by atoms with van der Waals surface area (Å²) < 4.78 is 0. The van der Waals surface area contributed by atoms with Crippen LogP contribution in [0.3, 0.4) is 0 Å². The van der Waals surface area contributed by atoms with Crippen molar-refractivity contribution in [2.45, 2.75) is 20.8 Å². The minimum atomic E-state index is 0.438. The fraction of sp³-hybridized carbons (Fsp3) is 0.158. The summed E-state index contributed by atoms with van der Waals surface area (Å²) in [6.07, 6.45) is 5.57. The van der Waals surface area contributed by atoms with Crippen LogP contribution in [0.1, 0.15) is 20.8 Å². The zero-order chi connectivity index (χ0) is 15.7. The van der Waals surface area contributed by atoms with Gasteiger partial charge in [-0.3, -0.25) is 4.98 Å². The molecule has 0 saturated heterocycles. The van der Waals surface area contributed by atoms with Gasteiger partial charge in [0.1, 0.15) is 0 Å². The van der Waals surface area contributed by atoms with Crippen LogP contribution in [0.5, 0.6) is 0 Å². The van der Waals surface area contributed by atoms with E-state index in [1.54, 1.807) is 6.08 Å². The predicted molar refractivity (Wildman–Crippen MR) is 89.6 cm³/mol. The first-order valence-corrected chi connectivity index (χ1v) is 7.03. The summed E-state index contributed by atoms with van der Waals surface area (Å²) in [5, 5.41) is 10.8. The van der Waals surface area contributed by atoms with E-state index in [4.69, 9.17) is 5.26 Å². The quantitative estimate of drug-likeness (QED) is 0.788. The number of nitriles is 1. The molecule has 0 spiro atoms. The van der Waals surface area contributed by atoms with Gasteiger partial charge in [0.05, 0.1) is 11.8 Å². The molecule has 0 radical (unpaired) electrons. The standard InChI is InChI=1S/C17H14N2.C2H6/c1-3-14-12-19-17(15-7-5-4-6-8-15)10-16(14)9-13(2)11-18;1-2/h3-10,12H,2H2,1H3;1-2H3/b14-3-,16-9-;. The molecule has 21 heavy (non-hydrogen) atoms. The summed E-state index contributed by atoms with van der Waals surface area (Å²) >= 11 is 0. The molecule has 0 aliphatic heterocycles. The number of hydrogen-bond acceptors (Lipinski definition) is 2. The van der Waals surface area contributed by atoms with E-state index in [1.807, 2.05) is 75.5 Å². The number of pyridine rings is 1. The summed E-state index contributed by atoms with van der Waals surface area (Å²) in [7, 11) is 0. The molecule has 0 N–H and O–H groups in total. The number of allylic oxidation sites excluding steroid dienone is 1. The van der Waals surface area contributed by atoms with Gasteiger partial charge in [-0.25, -0.2) is 0 Å². The smallest absolute Gasteiger partial charge is 0.0985 e. The van der Waals surface area contributed by atoms with E-state index in [9.17, 15) is 0 Å². The normalized spacial score (nSPS) is 11.3. The second-order valence-corrected chi connectivity index (χ2v) is 4.13. The van der Waals surface area contributed by atoms with E-state index in [0.29, 0.717) is 5.57 Å². The van der Waals surface area contributed by atoms with Crippen LogP contribution < -0.4 is 10.4 Å². The van der Waals surface area contributed by atoms with E-state index >= 15 is 0 Å². The first kappa shape index (κ1) is 16.4. The van der Waals surface area contributed by atoms with Gasteiger partial charge in [-0.2, -0.15) is 5.26 Å². The Morgan fingerprint density at radius 2 is 1.86 bits per heavy atom. The van der Waals surface area contributed by atoms with Gasteiger partial charge in [-0.05, 0) is 29.5 Å². The molecule has 0 fully saturated rings. The van der Waals surface area contributed by atoms with Crippen LogP contribution in [-0.4, -0.2) is 4.98 Å². The average molecular weight is 276 g/mol. The highest BCUT2D eigenvalue weighted by Gasteiger charge is 1.98. The van der Waals surface area contributed by atoms with Crippen LogP contribution in [0.4, 0.5) is 0 Å². The number of benzene rings is 1. The molecule has 1 aromatic heterocycles. The van der Waals surface area contributed by atoms with Crippen LogP contribution in [0.2, 0.25) is 0 Å². The van der Waals surface area contributed by atoms with E-state index in [1.165, 1.54) is 0 Å². The summed E-state index contributed by atoms with van der Waals surface area (Å²) in [4.78, 5) is 4.45. The lowest BCUT2D eigenvalue weighted by atomic mass is 10.1. The average Bonchev–Trinajstić information content (AvgIpc) is 2.57. The fourth-order valence-corrected chi connectivity index (χ4v) is 1.83. The maximum Gasteiger partial charge on any atom is 0.0985 e. The van der Waals surface area contributed by atoms with E-state index < -0.39 is 0 Å². The Bertz CT molecular complexity index is 750. The molecule has 0 aliphatic carbocycles. The zero-order valence-electron chi connectivity index (χ0n) is 12.8. The summed E-state index contributed by atoms with van der Waals surface area (Å²) in [5.74, 6) is 0. The molecule has 0 unspecified atom stereocenters. The number of aromatic nitrogens is 1.